The third-order valence-corrected chi connectivity index (χ3v) is 3.99. The van der Waals surface area contributed by atoms with Crippen LogP contribution in [-0.4, -0.2) is 38.3 Å². The number of hydrogen-bond acceptors (Lipinski definition) is 3. The van der Waals surface area contributed by atoms with Gasteiger partial charge in [0, 0.05) is 25.0 Å². The van der Waals surface area contributed by atoms with Gasteiger partial charge in [-0.25, -0.2) is 0 Å². The lowest BCUT2D eigenvalue weighted by Gasteiger charge is -2.24. The molecule has 0 saturated carbocycles. The molecule has 2 unspecified atom stereocenters. The van der Waals surface area contributed by atoms with Gasteiger partial charge in [0.25, 0.3) is 0 Å². The molecule has 0 bridgehead atoms. The first-order valence-electron chi connectivity index (χ1n) is 6.83. The summed E-state index contributed by atoms with van der Waals surface area (Å²) in [5.74, 6) is 1.30. The second-order valence-corrected chi connectivity index (χ2v) is 5.38. The molecule has 0 aliphatic carbocycles. The van der Waals surface area contributed by atoms with E-state index < -0.39 is 0 Å². The third-order valence-electron chi connectivity index (χ3n) is 3.99. The van der Waals surface area contributed by atoms with Gasteiger partial charge in [0.1, 0.15) is 0 Å². The normalized spacial score (nSPS) is 27.9. The van der Waals surface area contributed by atoms with Gasteiger partial charge in [-0.2, -0.15) is 0 Å². The monoisotopic (exact) mass is 240 g/mol. The molecule has 0 aromatic rings. The van der Waals surface area contributed by atoms with Crippen molar-refractivity contribution in [1.29, 1.82) is 0 Å². The largest absolute Gasteiger partial charge is 0.381 e. The van der Waals surface area contributed by atoms with E-state index in [1.54, 1.807) is 0 Å². The van der Waals surface area contributed by atoms with Gasteiger partial charge in [-0.05, 0) is 45.2 Å². The van der Waals surface area contributed by atoms with Crippen LogP contribution in [0.3, 0.4) is 0 Å². The van der Waals surface area contributed by atoms with E-state index in [4.69, 9.17) is 4.74 Å². The van der Waals surface area contributed by atoms with Crippen molar-refractivity contribution in [2.24, 2.45) is 11.8 Å². The lowest BCUT2D eigenvalue weighted by atomic mass is 9.93. The van der Waals surface area contributed by atoms with E-state index in [1.807, 2.05) is 0 Å². The van der Waals surface area contributed by atoms with Gasteiger partial charge in [0.2, 0.25) is 5.91 Å². The van der Waals surface area contributed by atoms with E-state index in [9.17, 15) is 4.79 Å². The lowest BCUT2D eigenvalue weighted by Crippen LogP contribution is -2.40. The predicted octanol–water partition coefficient (Wildman–Crippen LogP) is 0.917. The lowest BCUT2D eigenvalue weighted by molar-refractivity contribution is -0.123. The van der Waals surface area contributed by atoms with E-state index in [2.05, 4.69) is 17.6 Å². The minimum atomic E-state index is 0.219. The molecule has 98 valence electrons. The summed E-state index contributed by atoms with van der Waals surface area (Å²) in [5, 5.41) is 6.46. The molecule has 0 aromatic carbocycles. The maximum Gasteiger partial charge on any atom is 0.220 e. The minimum absolute atomic E-state index is 0.219. The van der Waals surface area contributed by atoms with Crippen molar-refractivity contribution in [2.45, 2.75) is 38.6 Å². The molecule has 2 atom stereocenters. The van der Waals surface area contributed by atoms with Gasteiger partial charge in [-0.3, -0.25) is 4.79 Å². The number of nitrogens with one attached hydrogen (secondary N) is 2. The molecule has 0 spiro atoms. The van der Waals surface area contributed by atoms with Crippen LogP contribution in [0.2, 0.25) is 0 Å². The van der Waals surface area contributed by atoms with Crippen molar-refractivity contribution in [3.05, 3.63) is 0 Å². The van der Waals surface area contributed by atoms with E-state index in [-0.39, 0.29) is 11.9 Å². The van der Waals surface area contributed by atoms with Gasteiger partial charge >= 0.3 is 0 Å². The average molecular weight is 240 g/mol. The summed E-state index contributed by atoms with van der Waals surface area (Å²) in [6.07, 6.45) is 4.04. The number of hydrogen-bond donors (Lipinski definition) is 2. The van der Waals surface area contributed by atoms with Crippen molar-refractivity contribution < 1.29 is 9.53 Å². The Morgan fingerprint density at radius 3 is 2.82 bits per heavy atom. The Balaban J connectivity index is 1.68. The van der Waals surface area contributed by atoms with Crippen LogP contribution in [0.1, 0.15) is 32.6 Å². The first-order valence-corrected chi connectivity index (χ1v) is 6.83. The highest BCUT2D eigenvalue weighted by Gasteiger charge is 2.24. The molecule has 2 saturated heterocycles. The number of amides is 1. The highest BCUT2D eigenvalue weighted by atomic mass is 16.5. The van der Waals surface area contributed by atoms with Crippen molar-refractivity contribution in [3.63, 3.8) is 0 Å². The quantitative estimate of drug-likeness (QED) is 0.768. The summed E-state index contributed by atoms with van der Waals surface area (Å²) >= 11 is 0. The molecule has 2 heterocycles. The molecule has 4 nitrogen and oxygen atoms in total. The summed E-state index contributed by atoms with van der Waals surface area (Å²) in [7, 11) is 0. The second-order valence-electron chi connectivity index (χ2n) is 5.38. The molecule has 0 radical (unpaired) electrons. The number of carbonyl (C=O) groups excluding carboxylic acids is 1. The van der Waals surface area contributed by atoms with Crippen LogP contribution in [0.25, 0.3) is 0 Å². The zero-order valence-corrected chi connectivity index (χ0v) is 10.7. The topological polar surface area (TPSA) is 50.4 Å². The first kappa shape index (κ1) is 12.8. The predicted molar refractivity (Wildman–Crippen MR) is 66.7 cm³/mol. The van der Waals surface area contributed by atoms with Crippen LogP contribution < -0.4 is 10.6 Å². The van der Waals surface area contributed by atoms with Crippen molar-refractivity contribution in [1.82, 2.24) is 10.6 Å². The summed E-state index contributed by atoms with van der Waals surface area (Å²) < 4.78 is 5.35. The molecule has 2 fully saturated rings. The fourth-order valence-corrected chi connectivity index (χ4v) is 2.73. The van der Waals surface area contributed by atoms with Crippen LogP contribution in [0.5, 0.6) is 0 Å². The Bertz CT molecular complexity index is 246. The van der Waals surface area contributed by atoms with Crippen molar-refractivity contribution in [2.75, 3.05) is 26.3 Å². The molecule has 17 heavy (non-hydrogen) atoms. The molecule has 0 aromatic heterocycles. The SMILES string of the molecule is CC(NC(=O)CC1CCNCC1)C1CCOC1. The standard InChI is InChI=1S/C13H24N2O2/c1-10(12-4-7-17-9-12)15-13(16)8-11-2-5-14-6-3-11/h10-12,14H,2-9H2,1H3,(H,15,16). The Labute approximate surface area is 103 Å². The van der Waals surface area contributed by atoms with Gasteiger partial charge < -0.3 is 15.4 Å². The fourth-order valence-electron chi connectivity index (χ4n) is 2.73. The summed E-state index contributed by atoms with van der Waals surface area (Å²) in [6.45, 7) is 5.86. The molecule has 2 rings (SSSR count). The van der Waals surface area contributed by atoms with Gasteiger partial charge in [0.15, 0.2) is 0 Å². The van der Waals surface area contributed by atoms with E-state index in [1.165, 1.54) is 0 Å². The molecule has 2 aliphatic heterocycles. The Kier molecular flexibility index (Phi) is 4.80. The highest BCUT2D eigenvalue weighted by molar-refractivity contribution is 5.76. The Morgan fingerprint density at radius 2 is 2.18 bits per heavy atom. The van der Waals surface area contributed by atoms with Gasteiger partial charge in [-0.15, -0.1) is 0 Å². The number of piperidine rings is 1. The maximum atomic E-state index is 11.9. The van der Waals surface area contributed by atoms with E-state index in [0.29, 0.717) is 18.3 Å². The van der Waals surface area contributed by atoms with Crippen molar-refractivity contribution in [3.8, 4) is 0 Å². The van der Waals surface area contributed by atoms with Crippen LogP contribution >= 0.6 is 0 Å². The molecular weight excluding hydrogens is 216 g/mol. The smallest absolute Gasteiger partial charge is 0.220 e. The maximum absolute atomic E-state index is 11.9. The van der Waals surface area contributed by atoms with E-state index >= 15 is 0 Å². The van der Waals surface area contributed by atoms with Crippen LogP contribution in [0, 0.1) is 11.8 Å². The minimum Gasteiger partial charge on any atom is -0.381 e. The van der Waals surface area contributed by atoms with E-state index in [0.717, 1.165) is 45.6 Å². The number of rotatable bonds is 4. The van der Waals surface area contributed by atoms with Crippen molar-refractivity contribution >= 4 is 5.91 Å². The molecular formula is C13H24N2O2. The summed E-state index contributed by atoms with van der Waals surface area (Å²) in [5.41, 5.74) is 0. The van der Waals surface area contributed by atoms with Crippen LogP contribution in [0.4, 0.5) is 0 Å². The number of ether oxygens (including phenoxy) is 1. The van der Waals surface area contributed by atoms with Crippen LogP contribution in [0.15, 0.2) is 0 Å². The molecule has 2 aliphatic rings. The average Bonchev–Trinajstić information content (AvgIpc) is 2.83. The summed E-state index contributed by atoms with van der Waals surface area (Å²) in [4.78, 5) is 11.9. The molecule has 1 amide bonds. The third kappa shape index (κ3) is 3.96. The highest BCUT2D eigenvalue weighted by Crippen LogP contribution is 2.18. The first-order chi connectivity index (χ1) is 8.25. The van der Waals surface area contributed by atoms with Crippen LogP contribution in [-0.2, 0) is 9.53 Å². The fraction of sp³-hybridized carbons (Fsp3) is 0.923. The zero-order valence-electron chi connectivity index (χ0n) is 10.7. The zero-order chi connectivity index (χ0) is 12.1. The Morgan fingerprint density at radius 1 is 1.41 bits per heavy atom. The van der Waals surface area contributed by atoms with Gasteiger partial charge in [0.05, 0.1) is 6.61 Å². The molecule has 2 N–H and O–H groups in total. The summed E-state index contributed by atoms with van der Waals surface area (Å²) in [6, 6.07) is 0.256. The Hall–Kier alpha value is -0.610. The molecule has 4 heteroatoms. The second kappa shape index (κ2) is 6.36. The van der Waals surface area contributed by atoms with Gasteiger partial charge in [-0.1, -0.05) is 0 Å². The number of carbonyl (C=O) groups is 1.